The van der Waals surface area contributed by atoms with E-state index >= 15 is 0 Å². The SMILES string of the molecule is Cc1ccc(CN(C)C(=O)c2ccc(C)c(O)c2)o1. The number of carbonyl (C=O) groups excluding carboxylic acids is 1. The highest BCUT2D eigenvalue weighted by atomic mass is 16.3. The fraction of sp³-hybridized carbons (Fsp3) is 0.267. The number of hydrogen-bond donors (Lipinski definition) is 1. The van der Waals surface area contributed by atoms with Crippen LogP contribution in [0.25, 0.3) is 0 Å². The maximum Gasteiger partial charge on any atom is 0.254 e. The van der Waals surface area contributed by atoms with E-state index in [-0.39, 0.29) is 11.7 Å². The van der Waals surface area contributed by atoms with Gasteiger partial charge in [0.2, 0.25) is 0 Å². The molecular formula is C15H17NO3. The van der Waals surface area contributed by atoms with Crippen LogP contribution in [-0.4, -0.2) is 23.0 Å². The van der Waals surface area contributed by atoms with Crippen LogP contribution < -0.4 is 0 Å². The molecule has 100 valence electrons. The Morgan fingerprint density at radius 3 is 2.58 bits per heavy atom. The summed E-state index contributed by atoms with van der Waals surface area (Å²) in [4.78, 5) is 13.8. The van der Waals surface area contributed by atoms with Crippen molar-refractivity contribution in [2.75, 3.05) is 7.05 Å². The quantitative estimate of drug-likeness (QED) is 0.922. The molecule has 0 spiro atoms. The Kier molecular flexibility index (Phi) is 3.60. The van der Waals surface area contributed by atoms with Gasteiger partial charge in [0.1, 0.15) is 17.3 Å². The summed E-state index contributed by atoms with van der Waals surface area (Å²) in [6.07, 6.45) is 0. The van der Waals surface area contributed by atoms with Gasteiger partial charge in [0.05, 0.1) is 6.54 Å². The molecule has 4 heteroatoms. The molecule has 0 saturated heterocycles. The van der Waals surface area contributed by atoms with E-state index in [1.807, 2.05) is 19.1 Å². The van der Waals surface area contributed by atoms with Gasteiger partial charge in [0, 0.05) is 12.6 Å². The number of hydrogen-bond acceptors (Lipinski definition) is 3. The molecule has 2 aromatic rings. The third-order valence-electron chi connectivity index (χ3n) is 2.99. The number of nitrogens with zero attached hydrogens (tertiary/aromatic N) is 1. The first kappa shape index (κ1) is 13.2. The molecule has 0 aliphatic carbocycles. The predicted octanol–water partition coefficient (Wildman–Crippen LogP) is 2.87. The summed E-state index contributed by atoms with van der Waals surface area (Å²) in [5.41, 5.74) is 1.22. The summed E-state index contributed by atoms with van der Waals surface area (Å²) < 4.78 is 5.44. The molecule has 0 unspecified atom stereocenters. The third-order valence-corrected chi connectivity index (χ3v) is 2.99. The summed E-state index contributed by atoms with van der Waals surface area (Å²) in [5.74, 6) is 1.55. The summed E-state index contributed by atoms with van der Waals surface area (Å²) in [7, 11) is 1.71. The van der Waals surface area contributed by atoms with Crippen LogP contribution >= 0.6 is 0 Å². The minimum absolute atomic E-state index is 0.132. The first-order valence-electron chi connectivity index (χ1n) is 6.08. The molecule has 0 aliphatic heterocycles. The molecule has 1 heterocycles. The van der Waals surface area contributed by atoms with E-state index in [0.717, 1.165) is 17.1 Å². The van der Waals surface area contributed by atoms with Gasteiger partial charge in [0.25, 0.3) is 5.91 Å². The molecule has 1 amide bonds. The van der Waals surface area contributed by atoms with Crippen molar-refractivity contribution in [1.29, 1.82) is 0 Å². The van der Waals surface area contributed by atoms with Crippen molar-refractivity contribution in [3.8, 4) is 5.75 Å². The molecule has 0 radical (unpaired) electrons. The van der Waals surface area contributed by atoms with Crippen LogP contribution in [-0.2, 0) is 6.54 Å². The number of aromatic hydroxyl groups is 1. The third kappa shape index (κ3) is 2.96. The Balaban J connectivity index is 2.12. The van der Waals surface area contributed by atoms with Crippen molar-refractivity contribution in [2.24, 2.45) is 0 Å². The number of carbonyl (C=O) groups is 1. The molecule has 2 rings (SSSR count). The Hall–Kier alpha value is -2.23. The van der Waals surface area contributed by atoms with E-state index < -0.39 is 0 Å². The van der Waals surface area contributed by atoms with Crippen molar-refractivity contribution in [1.82, 2.24) is 4.90 Å². The number of furan rings is 1. The smallest absolute Gasteiger partial charge is 0.254 e. The number of amides is 1. The second kappa shape index (κ2) is 5.18. The summed E-state index contributed by atoms with van der Waals surface area (Å²) in [6, 6.07) is 8.65. The molecular weight excluding hydrogens is 242 g/mol. The molecule has 1 aromatic heterocycles. The standard InChI is InChI=1S/C15H17NO3/c1-10-4-6-12(8-14(10)17)15(18)16(3)9-13-7-5-11(2)19-13/h4-8,17H,9H2,1-3H3. The Morgan fingerprint density at radius 2 is 2.00 bits per heavy atom. The molecule has 0 bridgehead atoms. The van der Waals surface area contributed by atoms with Gasteiger partial charge in [-0.2, -0.15) is 0 Å². The largest absolute Gasteiger partial charge is 0.508 e. The maximum absolute atomic E-state index is 12.2. The van der Waals surface area contributed by atoms with Gasteiger partial charge in [-0.3, -0.25) is 4.79 Å². The van der Waals surface area contributed by atoms with E-state index in [1.165, 1.54) is 6.07 Å². The normalized spacial score (nSPS) is 10.5. The highest BCUT2D eigenvalue weighted by molar-refractivity contribution is 5.94. The lowest BCUT2D eigenvalue weighted by Crippen LogP contribution is -2.25. The van der Waals surface area contributed by atoms with Crippen molar-refractivity contribution in [3.05, 3.63) is 53.0 Å². The zero-order chi connectivity index (χ0) is 14.0. The number of phenols is 1. The van der Waals surface area contributed by atoms with E-state index in [0.29, 0.717) is 12.1 Å². The second-order valence-corrected chi connectivity index (χ2v) is 4.67. The second-order valence-electron chi connectivity index (χ2n) is 4.67. The average Bonchev–Trinajstić information content (AvgIpc) is 2.77. The lowest BCUT2D eigenvalue weighted by atomic mass is 10.1. The van der Waals surface area contributed by atoms with Crippen molar-refractivity contribution in [3.63, 3.8) is 0 Å². The van der Waals surface area contributed by atoms with Gasteiger partial charge < -0.3 is 14.4 Å². The molecule has 19 heavy (non-hydrogen) atoms. The van der Waals surface area contributed by atoms with Crippen LogP contribution in [0.4, 0.5) is 0 Å². The van der Waals surface area contributed by atoms with Gasteiger partial charge >= 0.3 is 0 Å². The van der Waals surface area contributed by atoms with Gasteiger partial charge in [-0.15, -0.1) is 0 Å². The monoisotopic (exact) mass is 259 g/mol. The molecule has 4 nitrogen and oxygen atoms in total. The van der Waals surface area contributed by atoms with Crippen LogP contribution in [0.1, 0.15) is 27.4 Å². The lowest BCUT2D eigenvalue weighted by molar-refractivity contribution is 0.0774. The van der Waals surface area contributed by atoms with Crippen LogP contribution in [0.2, 0.25) is 0 Å². The molecule has 0 atom stereocenters. The van der Waals surface area contributed by atoms with Crippen LogP contribution in [0.5, 0.6) is 5.75 Å². The summed E-state index contributed by atoms with van der Waals surface area (Å²) in [5, 5.41) is 9.63. The van der Waals surface area contributed by atoms with E-state index in [1.54, 1.807) is 31.0 Å². The molecule has 1 N–H and O–H groups in total. The molecule has 1 aromatic carbocycles. The maximum atomic E-state index is 12.2. The van der Waals surface area contributed by atoms with Crippen molar-refractivity contribution >= 4 is 5.91 Å². The van der Waals surface area contributed by atoms with Crippen LogP contribution in [0.3, 0.4) is 0 Å². The van der Waals surface area contributed by atoms with Crippen molar-refractivity contribution in [2.45, 2.75) is 20.4 Å². The summed E-state index contributed by atoms with van der Waals surface area (Å²) >= 11 is 0. The van der Waals surface area contributed by atoms with Gasteiger partial charge in [-0.25, -0.2) is 0 Å². The number of benzene rings is 1. The highest BCUT2D eigenvalue weighted by Crippen LogP contribution is 2.19. The minimum Gasteiger partial charge on any atom is -0.508 e. The number of aryl methyl sites for hydroxylation is 2. The Morgan fingerprint density at radius 1 is 1.26 bits per heavy atom. The zero-order valence-corrected chi connectivity index (χ0v) is 11.3. The van der Waals surface area contributed by atoms with Gasteiger partial charge in [-0.1, -0.05) is 6.07 Å². The zero-order valence-electron chi connectivity index (χ0n) is 11.3. The molecule has 0 fully saturated rings. The molecule has 0 saturated carbocycles. The highest BCUT2D eigenvalue weighted by Gasteiger charge is 2.14. The van der Waals surface area contributed by atoms with E-state index in [9.17, 15) is 9.90 Å². The van der Waals surface area contributed by atoms with Crippen molar-refractivity contribution < 1.29 is 14.3 Å². The topological polar surface area (TPSA) is 53.7 Å². The minimum atomic E-state index is -0.149. The lowest BCUT2D eigenvalue weighted by Gasteiger charge is -2.16. The summed E-state index contributed by atoms with van der Waals surface area (Å²) in [6.45, 7) is 4.06. The fourth-order valence-electron chi connectivity index (χ4n) is 1.84. The first-order valence-corrected chi connectivity index (χ1v) is 6.08. The Bertz CT molecular complexity index is 601. The first-order chi connectivity index (χ1) is 8.97. The van der Waals surface area contributed by atoms with E-state index in [4.69, 9.17) is 4.42 Å². The number of phenolic OH excluding ortho intramolecular Hbond substituents is 1. The number of rotatable bonds is 3. The Labute approximate surface area is 112 Å². The predicted molar refractivity (Wildman–Crippen MR) is 72.1 cm³/mol. The van der Waals surface area contributed by atoms with E-state index in [2.05, 4.69) is 0 Å². The average molecular weight is 259 g/mol. The van der Waals surface area contributed by atoms with Gasteiger partial charge in [-0.05, 0) is 43.7 Å². The van der Waals surface area contributed by atoms with Crippen LogP contribution in [0.15, 0.2) is 34.7 Å². The molecule has 0 aliphatic rings. The fourth-order valence-corrected chi connectivity index (χ4v) is 1.84. The van der Waals surface area contributed by atoms with Crippen LogP contribution in [0, 0.1) is 13.8 Å². The van der Waals surface area contributed by atoms with Gasteiger partial charge in [0.15, 0.2) is 0 Å².